The maximum atomic E-state index is 6.19. The van der Waals surface area contributed by atoms with Crippen LogP contribution >= 0.6 is 0 Å². The number of hydrazone groups is 3. The van der Waals surface area contributed by atoms with Crippen molar-refractivity contribution in [2.24, 2.45) is 15.3 Å². The first-order chi connectivity index (χ1) is 24.1. The lowest BCUT2D eigenvalue weighted by Crippen LogP contribution is -2.14. The van der Waals surface area contributed by atoms with Crippen molar-refractivity contribution in [2.45, 2.75) is 78.6 Å². The number of anilines is 3. The zero-order chi connectivity index (χ0) is 36.1. The molecule has 0 unspecified atom stereocenters. The summed E-state index contributed by atoms with van der Waals surface area (Å²) in [5.41, 5.74) is 9.20. The lowest BCUT2D eigenvalue weighted by Gasteiger charge is -2.20. The highest BCUT2D eigenvalue weighted by Crippen LogP contribution is 2.31. The van der Waals surface area contributed by atoms with Crippen LogP contribution in [0.2, 0.25) is 0 Å². The molecule has 9 nitrogen and oxygen atoms in total. The van der Waals surface area contributed by atoms with Crippen LogP contribution in [0.25, 0.3) is 0 Å². The van der Waals surface area contributed by atoms with E-state index in [0.717, 1.165) is 33.8 Å². The van der Waals surface area contributed by atoms with Gasteiger partial charge in [-0.05, 0) is 87.5 Å². The van der Waals surface area contributed by atoms with Gasteiger partial charge in [0.25, 0.3) is 0 Å². The molecule has 3 heterocycles. The zero-order valence-electron chi connectivity index (χ0n) is 31.2. The number of nitrogens with zero attached hydrogens (tertiary/aromatic N) is 6. The van der Waals surface area contributed by atoms with Gasteiger partial charge in [-0.2, -0.15) is 0 Å². The fourth-order valence-corrected chi connectivity index (χ4v) is 6.09. The fourth-order valence-electron chi connectivity index (χ4n) is 6.09. The molecular formula is C42H48N6O3. The van der Waals surface area contributed by atoms with Crippen molar-refractivity contribution in [1.29, 1.82) is 0 Å². The molecule has 0 aromatic heterocycles. The van der Waals surface area contributed by atoms with Crippen molar-refractivity contribution < 1.29 is 14.2 Å². The summed E-state index contributed by atoms with van der Waals surface area (Å²) < 4.78 is 18.6. The van der Waals surface area contributed by atoms with E-state index in [4.69, 9.17) is 29.5 Å². The summed E-state index contributed by atoms with van der Waals surface area (Å²) in [7, 11) is 0. The van der Waals surface area contributed by atoms with Crippen molar-refractivity contribution in [3.8, 4) is 0 Å². The summed E-state index contributed by atoms with van der Waals surface area (Å²) in [5, 5.41) is 20.3. The number of benzene rings is 4. The van der Waals surface area contributed by atoms with Crippen LogP contribution in [0.5, 0.6) is 0 Å². The van der Waals surface area contributed by atoms with Crippen LogP contribution in [0, 0.1) is 0 Å². The van der Waals surface area contributed by atoms with Crippen LogP contribution in [0.1, 0.15) is 95.7 Å². The average molecular weight is 685 g/mol. The molecule has 0 atom stereocenters. The molecule has 4 aromatic carbocycles. The summed E-state index contributed by atoms with van der Waals surface area (Å²) in [6, 6.07) is 31.4. The minimum absolute atomic E-state index is 0.0677. The first-order valence-electron chi connectivity index (χ1n) is 17.6. The van der Waals surface area contributed by atoms with E-state index in [0.29, 0.717) is 37.9 Å². The van der Waals surface area contributed by atoms with Crippen LogP contribution in [0.4, 0.5) is 17.1 Å². The van der Waals surface area contributed by atoms with E-state index >= 15 is 0 Å². The molecule has 0 fully saturated rings. The van der Waals surface area contributed by atoms with Crippen LogP contribution in [-0.2, 0) is 30.5 Å². The predicted molar refractivity (Wildman–Crippen MR) is 207 cm³/mol. The Balaban J connectivity index is 1.21. The van der Waals surface area contributed by atoms with Crippen molar-refractivity contribution >= 4 is 34.8 Å². The molecule has 264 valence electrons. The third-order valence-corrected chi connectivity index (χ3v) is 9.37. The minimum atomic E-state index is 0.0677. The highest BCUT2D eigenvalue weighted by Gasteiger charge is 2.27. The minimum Gasteiger partial charge on any atom is -0.453 e. The monoisotopic (exact) mass is 684 g/mol. The van der Waals surface area contributed by atoms with Gasteiger partial charge in [0.05, 0.1) is 17.1 Å². The van der Waals surface area contributed by atoms with E-state index in [2.05, 4.69) is 135 Å². The maximum absolute atomic E-state index is 6.19. The van der Waals surface area contributed by atoms with Crippen molar-refractivity contribution in [2.75, 3.05) is 35.2 Å². The average Bonchev–Trinajstić information content (AvgIpc) is 3.89. The van der Waals surface area contributed by atoms with Gasteiger partial charge in [-0.25, -0.2) is 15.0 Å². The third-order valence-electron chi connectivity index (χ3n) is 9.37. The van der Waals surface area contributed by atoms with E-state index in [1.807, 2.05) is 33.2 Å². The number of hydrogen-bond acceptors (Lipinski definition) is 9. The summed E-state index contributed by atoms with van der Waals surface area (Å²) in [6.45, 7) is 20.8. The lowest BCUT2D eigenvalue weighted by atomic mass is 9.87. The fraction of sp³-hybridized carbons (Fsp3) is 0.357. The van der Waals surface area contributed by atoms with Gasteiger partial charge in [-0.3, -0.25) is 0 Å². The van der Waals surface area contributed by atoms with Crippen LogP contribution in [0.15, 0.2) is 106 Å². The maximum Gasteiger partial charge on any atom is 0.240 e. The Morgan fingerprint density at radius 3 is 0.843 bits per heavy atom. The van der Waals surface area contributed by atoms with Crippen LogP contribution < -0.4 is 15.0 Å². The van der Waals surface area contributed by atoms with E-state index < -0.39 is 0 Å². The Morgan fingerprint density at radius 1 is 0.392 bits per heavy atom. The lowest BCUT2D eigenvalue weighted by molar-refractivity contribution is 0.336. The topological polar surface area (TPSA) is 74.5 Å². The molecule has 51 heavy (non-hydrogen) atoms. The summed E-state index contributed by atoms with van der Waals surface area (Å²) in [4.78, 5) is 0. The van der Waals surface area contributed by atoms with E-state index in [1.54, 1.807) is 0 Å². The molecule has 0 aliphatic carbocycles. The number of hydrogen-bond donors (Lipinski definition) is 0. The molecule has 0 spiro atoms. The SMILES string of the molecule is CC(C)(C)c1ccc(N2COC(c3cc(C4=NN(c5ccc(C(C)(C)C)cc5)CO4)cc(C4=NN(c5ccc(C(C)(C)C)cc5)CO4)c3)=N2)cc1. The highest BCUT2D eigenvalue weighted by atomic mass is 16.5. The Kier molecular flexibility index (Phi) is 8.56. The molecular weight excluding hydrogens is 637 g/mol. The number of rotatable bonds is 6. The van der Waals surface area contributed by atoms with Gasteiger partial charge in [0.1, 0.15) is 0 Å². The zero-order valence-corrected chi connectivity index (χ0v) is 31.2. The van der Waals surface area contributed by atoms with Gasteiger partial charge in [0, 0.05) is 16.7 Å². The van der Waals surface area contributed by atoms with Crippen molar-refractivity contribution in [3.63, 3.8) is 0 Å². The van der Waals surface area contributed by atoms with Gasteiger partial charge in [0.15, 0.2) is 20.2 Å². The molecule has 0 saturated carbocycles. The van der Waals surface area contributed by atoms with Gasteiger partial charge in [-0.15, -0.1) is 15.3 Å². The van der Waals surface area contributed by atoms with E-state index in [9.17, 15) is 0 Å². The second-order valence-corrected chi connectivity index (χ2v) is 16.4. The first kappa shape index (κ1) is 34.2. The molecule has 0 radical (unpaired) electrons. The molecule has 4 aromatic rings. The van der Waals surface area contributed by atoms with Crippen molar-refractivity contribution in [1.82, 2.24) is 0 Å². The molecule has 3 aliphatic heterocycles. The molecule has 0 amide bonds. The Morgan fingerprint density at radius 2 is 0.627 bits per heavy atom. The van der Waals surface area contributed by atoms with Gasteiger partial charge >= 0.3 is 0 Å². The standard InChI is InChI=1S/C42H48N6O3/c1-40(2,3)31-10-16-34(17-11-31)46-25-49-37(43-46)28-22-29(38-44-47(26-50-38)35-18-12-32(13-19-35)41(4,5)6)24-30(23-28)39-45-48(27-51-39)36-20-14-33(15-21-36)42(7,8)9/h10-24H,25-27H2,1-9H3. The highest BCUT2D eigenvalue weighted by molar-refractivity contribution is 6.06. The van der Waals surface area contributed by atoms with Gasteiger partial charge in [0.2, 0.25) is 17.7 Å². The predicted octanol–water partition coefficient (Wildman–Crippen LogP) is 9.05. The Bertz CT molecular complexity index is 1750. The number of ether oxygens (including phenoxy) is 3. The molecule has 0 saturated heterocycles. The van der Waals surface area contributed by atoms with Crippen molar-refractivity contribution in [3.05, 3.63) is 124 Å². The van der Waals surface area contributed by atoms with Crippen LogP contribution in [-0.4, -0.2) is 37.9 Å². The van der Waals surface area contributed by atoms with Gasteiger partial charge in [-0.1, -0.05) is 98.7 Å². The van der Waals surface area contributed by atoms with E-state index in [1.165, 1.54) is 16.7 Å². The molecule has 9 heteroatoms. The second-order valence-electron chi connectivity index (χ2n) is 16.4. The molecule has 3 aliphatic rings. The Labute approximate surface area is 301 Å². The molecule has 0 bridgehead atoms. The second kappa shape index (κ2) is 12.8. The van der Waals surface area contributed by atoms with Gasteiger partial charge < -0.3 is 14.2 Å². The first-order valence-corrected chi connectivity index (χ1v) is 17.6. The quantitative estimate of drug-likeness (QED) is 0.202. The Hall–Kier alpha value is -5.31. The molecule has 0 N–H and O–H groups in total. The summed E-state index contributed by atoms with van der Waals surface area (Å²) >= 11 is 0. The van der Waals surface area contributed by atoms with E-state index in [-0.39, 0.29) is 16.2 Å². The summed E-state index contributed by atoms with van der Waals surface area (Å²) in [5.74, 6) is 1.50. The normalized spacial score (nSPS) is 16.4. The molecule has 7 rings (SSSR count). The third kappa shape index (κ3) is 7.29. The summed E-state index contributed by atoms with van der Waals surface area (Å²) in [6.07, 6.45) is 0. The largest absolute Gasteiger partial charge is 0.453 e. The smallest absolute Gasteiger partial charge is 0.240 e. The van der Waals surface area contributed by atoms with Crippen LogP contribution in [0.3, 0.4) is 0 Å².